The van der Waals surface area contributed by atoms with E-state index in [0.29, 0.717) is 16.7 Å². The largest absolute Gasteiger partial charge is 0.506 e. The van der Waals surface area contributed by atoms with Crippen molar-refractivity contribution in [2.45, 2.75) is 67.9 Å². The molecule has 2 aromatic carbocycles. The molecule has 192 valence electrons. The van der Waals surface area contributed by atoms with Gasteiger partial charge in [-0.2, -0.15) is 11.8 Å². The van der Waals surface area contributed by atoms with Crippen LogP contribution in [0, 0.1) is 12.8 Å². The molecule has 0 radical (unpaired) electrons. The maximum atomic E-state index is 13.2. The normalized spacial score (nSPS) is 40.2. The molecule has 8 atom stereocenters. The third-order valence-corrected chi connectivity index (χ3v) is 9.85. The maximum absolute atomic E-state index is 13.2. The Morgan fingerprint density at radius 2 is 2.00 bits per heavy atom. The number of fused-ring (bicyclic) bond motifs is 8. The molecule has 9 nitrogen and oxygen atoms in total. The fourth-order valence-corrected chi connectivity index (χ4v) is 7.54. The van der Waals surface area contributed by atoms with Crippen molar-refractivity contribution in [1.82, 2.24) is 0 Å². The summed E-state index contributed by atoms with van der Waals surface area (Å²) in [6, 6.07) is 1.83. The minimum absolute atomic E-state index is 0.0225. The molecular weight excluding hydrogens is 488 g/mol. The number of aliphatic hydroxyl groups is 2. The Morgan fingerprint density at radius 1 is 1.28 bits per heavy atom. The van der Waals surface area contributed by atoms with E-state index < -0.39 is 41.4 Å². The van der Waals surface area contributed by atoms with E-state index in [1.807, 2.05) is 26.2 Å². The van der Waals surface area contributed by atoms with E-state index in [9.17, 15) is 20.1 Å². The van der Waals surface area contributed by atoms with Gasteiger partial charge in [-0.3, -0.25) is 4.79 Å². The molecule has 1 spiro atoms. The van der Waals surface area contributed by atoms with Crippen molar-refractivity contribution < 1.29 is 43.8 Å². The zero-order valence-corrected chi connectivity index (χ0v) is 21.4. The van der Waals surface area contributed by atoms with Crippen molar-refractivity contribution >= 4 is 28.3 Å². The highest BCUT2D eigenvalue weighted by molar-refractivity contribution is 7.99. The maximum Gasteiger partial charge on any atom is 0.274 e. The number of methoxy groups -OCH3 is 1. The van der Waals surface area contributed by atoms with Gasteiger partial charge in [0.05, 0.1) is 36.0 Å². The Labute approximate surface area is 211 Å². The number of aryl methyl sites for hydroxylation is 1. The molecule has 2 aromatic rings. The monoisotopic (exact) mass is 516 g/mol. The average Bonchev–Trinajstić information content (AvgIpc) is 3.51. The number of carbonyl (C=O) groups excluding carboxylic acids is 1. The zero-order valence-electron chi connectivity index (χ0n) is 20.6. The quantitative estimate of drug-likeness (QED) is 0.524. The highest BCUT2D eigenvalue weighted by Crippen LogP contribution is 2.71. The smallest absolute Gasteiger partial charge is 0.274 e. The Morgan fingerprint density at radius 3 is 2.64 bits per heavy atom. The van der Waals surface area contributed by atoms with Crippen molar-refractivity contribution in [3.63, 3.8) is 0 Å². The number of phenolic OH excluding ortho intramolecular Hbond substituents is 1. The highest BCUT2D eigenvalue weighted by Gasteiger charge is 2.91. The van der Waals surface area contributed by atoms with Crippen LogP contribution in [0.2, 0.25) is 0 Å². The van der Waals surface area contributed by atoms with Crippen molar-refractivity contribution in [2.75, 3.05) is 20.0 Å². The molecule has 1 aliphatic carbocycles. The molecule has 3 fully saturated rings. The third kappa shape index (κ3) is 2.27. The molecule has 0 aromatic heterocycles. The number of epoxide rings is 1. The fraction of sp³-hybridized carbons (Fsp3) is 0.577. The van der Waals surface area contributed by atoms with Crippen LogP contribution in [0.4, 0.5) is 0 Å². The van der Waals surface area contributed by atoms with Gasteiger partial charge in [0.1, 0.15) is 23.4 Å². The first-order valence-corrected chi connectivity index (χ1v) is 13.4. The van der Waals surface area contributed by atoms with Gasteiger partial charge in [0.25, 0.3) is 5.79 Å². The van der Waals surface area contributed by atoms with Gasteiger partial charge >= 0.3 is 0 Å². The van der Waals surface area contributed by atoms with E-state index in [-0.39, 0.29) is 52.1 Å². The number of carbonyl (C=O) groups is 1. The van der Waals surface area contributed by atoms with Crippen LogP contribution in [0.5, 0.6) is 17.2 Å². The Balaban J connectivity index is 1.54. The molecule has 10 heteroatoms. The number of aromatic hydroxyl groups is 1. The number of rotatable bonds is 3. The second kappa shape index (κ2) is 6.86. The van der Waals surface area contributed by atoms with E-state index in [0.717, 1.165) is 5.56 Å². The SMILES string of the molecule is COc1c2c(c(O)c3c4c(c(C)cc13)[C@H]1OC3(C(C)SC)OC1C(O)(O4)C31CO1)C(=O)[C@@H](C)C[C@@H]2O. The van der Waals surface area contributed by atoms with Crippen molar-refractivity contribution in [1.29, 1.82) is 0 Å². The second-order valence-electron chi connectivity index (χ2n) is 10.6. The van der Waals surface area contributed by atoms with Crippen molar-refractivity contribution in [2.24, 2.45) is 5.92 Å². The minimum Gasteiger partial charge on any atom is -0.506 e. The summed E-state index contributed by atoms with van der Waals surface area (Å²) in [4.78, 5) is 13.2. The number of hydrogen-bond acceptors (Lipinski definition) is 10. The Bertz CT molecular complexity index is 1370. The molecule has 0 amide bonds. The van der Waals surface area contributed by atoms with Crippen LogP contribution in [0.15, 0.2) is 6.07 Å². The summed E-state index contributed by atoms with van der Waals surface area (Å²) in [6.07, 6.45) is -0.296. The summed E-state index contributed by atoms with van der Waals surface area (Å²) >= 11 is 1.55. The topological polar surface area (TPSA) is 127 Å². The molecule has 3 saturated heterocycles. The number of phenols is 1. The standard InChI is InChI=1S/C26H28O9S/c1-9-6-12-15(19(29)17-16(20(12)31-4)13(27)7-10(2)18(17)28)21-14(9)22-23-25(30,33-21)24(8-32-24)26(34-22,35-23)11(3)36-5/h6,10-11,13,22-23,27,29-30H,7-8H2,1-5H3/t10-,11?,13-,22+,23?,24?,25?,26?/m0/s1. The number of ether oxygens (including phenoxy) is 5. The predicted octanol–water partition coefficient (Wildman–Crippen LogP) is 2.89. The minimum atomic E-state index is -1.86. The number of Topliss-reactive ketones (excluding diaryl/α,β-unsaturated/α-hetero) is 1. The van der Waals surface area contributed by atoms with E-state index in [4.69, 9.17) is 23.7 Å². The van der Waals surface area contributed by atoms with E-state index >= 15 is 0 Å². The second-order valence-corrected chi connectivity index (χ2v) is 11.8. The molecule has 3 N–H and O–H groups in total. The van der Waals surface area contributed by atoms with Gasteiger partial charge in [-0.25, -0.2) is 0 Å². The number of thioether (sulfide) groups is 1. The van der Waals surface area contributed by atoms with Crippen LogP contribution in [-0.4, -0.2) is 69.6 Å². The lowest BCUT2D eigenvalue weighted by atomic mass is 9.76. The third-order valence-electron chi connectivity index (χ3n) is 8.84. The van der Waals surface area contributed by atoms with Crippen LogP contribution < -0.4 is 9.47 Å². The highest BCUT2D eigenvalue weighted by atomic mass is 32.2. The van der Waals surface area contributed by atoms with Crippen LogP contribution in [0.3, 0.4) is 0 Å². The molecule has 0 saturated carbocycles. The van der Waals surface area contributed by atoms with Gasteiger partial charge in [-0.05, 0) is 38.2 Å². The molecule has 4 aliphatic heterocycles. The lowest BCUT2D eigenvalue weighted by Crippen LogP contribution is -2.68. The fourth-order valence-electron chi connectivity index (χ4n) is 6.93. The first-order valence-electron chi connectivity index (χ1n) is 12.1. The van der Waals surface area contributed by atoms with E-state index in [2.05, 4.69) is 0 Å². The Kier molecular flexibility index (Phi) is 4.40. The van der Waals surface area contributed by atoms with Gasteiger partial charge in [-0.15, -0.1) is 0 Å². The van der Waals surface area contributed by atoms with Gasteiger partial charge in [0, 0.05) is 22.4 Å². The van der Waals surface area contributed by atoms with E-state index in [1.54, 1.807) is 18.7 Å². The summed E-state index contributed by atoms with van der Waals surface area (Å²) in [6.45, 7) is 5.77. The molecular formula is C26H28O9S. The summed E-state index contributed by atoms with van der Waals surface area (Å²) in [5.41, 5.74) is 0.495. The number of benzene rings is 2. The van der Waals surface area contributed by atoms with E-state index in [1.165, 1.54) is 7.11 Å². The summed E-state index contributed by atoms with van der Waals surface area (Å²) < 4.78 is 31.0. The molecule has 5 unspecified atom stereocenters. The van der Waals surface area contributed by atoms with Gasteiger partial charge in [0.15, 0.2) is 11.9 Å². The van der Waals surface area contributed by atoms with Crippen LogP contribution >= 0.6 is 11.8 Å². The van der Waals surface area contributed by atoms with Crippen LogP contribution in [0.1, 0.15) is 59.5 Å². The summed E-state index contributed by atoms with van der Waals surface area (Å²) in [7, 11) is 1.46. The molecule has 2 bridgehead atoms. The van der Waals surface area contributed by atoms with Gasteiger partial charge < -0.3 is 39.0 Å². The molecule has 36 heavy (non-hydrogen) atoms. The van der Waals surface area contributed by atoms with Crippen molar-refractivity contribution in [3.8, 4) is 17.2 Å². The zero-order chi connectivity index (χ0) is 25.5. The lowest BCUT2D eigenvalue weighted by molar-refractivity contribution is -0.277. The van der Waals surface area contributed by atoms with Crippen molar-refractivity contribution in [3.05, 3.63) is 28.3 Å². The van der Waals surface area contributed by atoms with Gasteiger partial charge in [0.2, 0.25) is 11.4 Å². The molecule has 7 rings (SSSR count). The van der Waals surface area contributed by atoms with Crippen LogP contribution in [0.25, 0.3) is 10.8 Å². The first kappa shape index (κ1) is 23.1. The number of hydrogen-bond donors (Lipinski definition) is 3. The average molecular weight is 517 g/mol. The molecule has 4 heterocycles. The number of ketones is 1. The first-order chi connectivity index (χ1) is 17.1. The lowest BCUT2D eigenvalue weighted by Gasteiger charge is -2.47. The summed E-state index contributed by atoms with van der Waals surface area (Å²) in [5, 5.41) is 35.0. The molecule has 5 aliphatic rings. The van der Waals surface area contributed by atoms with Gasteiger partial charge in [-0.1, -0.05) is 6.92 Å². The van der Waals surface area contributed by atoms with Crippen LogP contribution in [-0.2, 0) is 14.2 Å². The number of aliphatic hydroxyl groups excluding tert-OH is 1. The summed E-state index contributed by atoms with van der Waals surface area (Å²) in [5.74, 6) is -3.61. The predicted molar refractivity (Wildman–Crippen MR) is 129 cm³/mol. The Hall–Kier alpha value is -2.08.